The molecule has 0 amide bonds. The molecular weight excluding hydrogens is 332 g/mol. The molecule has 0 radical (unpaired) electrons. The van der Waals surface area contributed by atoms with Gasteiger partial charge in [-0.25, -0.2) is 0 Å². The highest BCUT2D eigenvalue weighted by Gasteiger charge is 2.10. The second-order valence-electron chi connectivity index (χ2n) is 5.08. The Morgan fingerprint density at radius 3 is 2.20 bits per heavy atom. The number of aliphatic hydroxyl groups is 1. The van der Waals surface area contributed by atoms with E-state index in [1.165, 1.54) is 5.56 Å². The van der Waals surface area contributed by atoms with E-state index in [2.05, 4.69) is 48.0 Å². The molecule has 1 N–H and O–H groups in total. The van der Waals surface area contributed by atoms with Crippen LogP contribution in [0, 0.1) is 0 Å². The topological polar surface area (TPSA) is 20.2 Å². The Morgan fingerprint density at radius 1 is 1.00 bits per heavy atom. The molecule has 0 aliphatic rings. The van der Waals surface area contributed by atoms with Crippen molar-refractivity contribution in [3.63, 3.8) is 0 Å². The molecule has 2 aromatic rings. The van der Waals surface area contributed by atoms with E-state index in [4.69, 9.17) is 0 Å². The number of benzene rings is 2. The van der Waals surface area contributed by atoms with Crippen LogP contribution in [0.5, 0.6) is 0 Å². The van der Waals surface area contributed by atoms with Crippen LogP contribution in [-0.2, 0) is 0 Å². The van der Waals surface area contributed by atoms with E-state index in [1.54, 1.807) is 11.8 Å². The zero-order chi connectivity index (χ0) is 14.5. The van der Waals surface area contributed by atoms with Crippen LogP contribution in [0.1, 0.15) is 37.0 Å². The second kappa shape index (κ2) is 7.30. The predicted molar refractivity (Wildman–Crippen MR) is 90.4 cm³/mol. The first-order valence-corrected chi connectivity index (χ1v) is 8.51. The maximum atomic E-state index is 10.3. The summed E-state index contributed by atoms with van der Waals surface area (Å²) in [5.41, 5.74) is 2.29. The van der Waals surface area contributed by atoms with Gasteiger partial charge in [0.05, 0.1) is 6.10 Å². The fourth-order valence-corrected chi connectivity index (χ4v) is 3.47. The number of hydrogen-bond donors (Lipinski definition) is 1. The summed E-state index contributed by atoms with van der Waals surface area (Å²) in [6.07, 6.45) is -0.437. The lowest BCUT2D eigenvalue weighted by Crippen LogP contribution is -2.01. The number of hydrogen-bond acceptors (Lipinski definition) is 2. The van der Waals surface area contributed by atoms with Crippen molar-refractivity contribution in [1.29, 1.82) is 0 Å². The maximum absolute atomic E-state index is 10.3. The van der Waals surface area contributed by atoms with E-state index >= 15 is 0 Å². The van der Waals surface area contributed by atoms with Crippen molar-refractivity contribution < 1.29 is 5.11 Å². The van der Waals surface area contributed by atoms with Gasteiger partial charge in [0.1, 0.15) is 0 Å². The van der Waals surface area contributed by atoms with Crippen molar-refractivity contribution in [3.05, 3.63) is 64.1 Å². The van der Waals surface area contributed by atoms with Crippen LogP contribution in [0.3, 0.4) is 0 Å². The van der Waals surface area contributed by atoms with E-state index in [0.29, 0.717) is 11.7 Å². The lowest BCUT2D eigenvalue weighted by atomic mass is 10.0. The fourth-order valence-electron chi connectivity index (χ4n) is 1.93. The minimum Gasteiger partial charge on any atom is -0.388 e. The van der Waals surface area contributed by atoms with Crippen LogP contribution in [0.2, 0.25) is 0 Å². The van der Waals surface area contributed by atoms with E-state index in [1.807, 2.05) is 30.3 Å². The van der Waals surface area contributed by atoms with Gasteiger partial charge in [-0.1, -0.05) is 50.2 Å². The molecule has 2 rings (SSSR count). The van der Waals surface area contributed by atoms with Crippen molar-refractivity contribution in [1.82, 2.24) is 0 Å². The Hall–Kier alpha value is -0.770. The van der Waals surface area contributed by atoms with Crippen LogP contribution < -0.4 is 0 Å². The summed E-state index contributed by atoms with van der Waals surface area (Å²) in [5.74, 6) is 1.18. The van der Waals surface area contributed by atoms with Crippen LogP contribution >= 0.6 is 27.7 Å². The van der Waals surface area contributed by atoms with Crippen molar-refractivity contribution in [3.8, 4) is 0 Å². The third kappa shape index (κ3) is 4.11. The van der Waals surface area contributed by atoms with Gasteiger partial charge in [0.15, 0.2) is 0 Å². The number of aliphatic hydroxyl groups excluding tert-OH is 1. The Balaban J connectivity index is 1.98. The molecule has 0 aromatic heterocycles. The third-order valence-electron chi connectivity index (χ3n) is 3.22. The second-order valence-corrected chi connectivity index (χ2v) is 6.99. The Morgan fingerprint density at radius 2 is 1.60 bits per heavy atom. The molecule has 0 aliphatic heterocycles. The van der Waals surface area contributed by atoms with E-state index < -0.39 is 6.10 Å². The molecule has 106 valence electrons. The van der Waals surface area contributed by atoms with Gasteiger partial charge in [0.2, 0.25) is 0 Å². The van der Waals surface area contributed by atoms with E-state index in [0.717, 1.165) is 14.9 Å². The highest BCUT2D eigenvalue weighted by atomic mass is 79.9. The monoisotopic (exact) mass is 350 g/mol. The van der Waals surface area contributed by atoms with Gasteiger partial charge in [-0.3, -0.25) is 0 Å². The molecule has 0 bridgehead atoms. The first-order chi connectivity index (χ1) is 9.58. The molecule has 1 unspecified atom stereocenters. The molecule has 2 aromatic carbocycles. The average molecular weight is 351 g/mol. The van der Waals surface area contributed by atoms with Gasteiger partial charge < -0.3 is 5.11 Å². The van der Waals surface area contributed by atoms with Gasteiger partial charge in [0.25, 0.3) is 0 Å². The Labute approximate surface area is 133 Å². The molecule has 0 spiro atoms. The van der Waals surface area contributed by atoms with Gasteiger partial charge in [0, 0.05) is 15.1 Å². The molecule has 0 saturated carbocycles. The van der Waals surface area contributed by atoms with Gasteiger partial charge in [-0.05, 0) is 45.1 Å². The molecule has 1 atom stereocenters. The van der Waals surface area contributed by atoms with Crippen LogP contribution in [0.25, 0.3) is 0 Å². The summed E-state index contributed by atoms with van der Waals surface area (Å²) in [6.45, 7) is 4.35. The predicted octanol–water partition coefficient (Wildman–Crippen LogP) is 5.40. The van der Waals surface area contributed by atoms with Crippen molar-refractivity contribution in [2.45, 2.75) is 30.8 Å². The molecule has 1 nitrogen and oxygen atoms in total. The number of halogens is 1. The van der Waals surface area contributed by atoms with Crippen molar-refractivity contribution in [2.24, 2.45) is 0 Å². The first kappa shape index (κ1) is 15.6. The Bertz CT molecular complexity index is 551. The molecule has 3 heteroatoms. The molecule has 0 heterocycles. The summed E-state index contributed by atoms with van der Waals surface area (Å²) < 4.78 is 1.08. The number of thioether (sulfide) groups is 1. The van der Waals surface area contributed by atoms with E-state index in [-0.39, 0.29) is 0 Å². The van der Waals surface area contributed by atoms with Crippen LogP contribution in [-0.4, -0.2) is 10.9 Å². The minimum atomic E-state index is -0.437. The summed E-state index contributed by atoms with van der Waals surface area (Å²) >= 11 is 5.19. The van der Waals surface area contributed by atoms with Crippen LogP contribution in [0.15, 0.2) is 57.9 Å². The third-order valence-corrected chi connectivity index (χ3v) is 5.32. The zero-order valence-electron chi connectivity index (χ0n) is 11.7. The normalized spacial score (nSPS) is 12.7. The van der Waals surface area contributed by atoms with Gasteiger partial charge in [-0.2, -0.15) is 0 Å². The number of rotatable bonds is 5. The molecule has 20 heavy (non-hydrogen) atoms. The largest absolute Gasteiger partial charge is 0.388 e. The summed E-state index contributed by atoms with van der Waals surface area (Å²) in [7, 11) is 0. The molecule has 0 saturated heterocycles. The first-order valence-electron chi connectivity index (χ1n) is 6.73. The lowest BCUT2D eigenvalue weighted by molar-refractivity contribution is 0.204. The smallest absolute Gasteiger partial charge is 0.0883 e. The highest BCUT2D eigenvalue weighted by molar-refractivity contribution is 9.10. The summed E-state index contributed by atoms with van der Waals surface area (Å²) in [4.78, 5) is 1.16. The van der Waals surface area contributed by atoms with E-state index in [9.17, 15) is 5.11 Å². The molecular formula is C17H19BrOS. The summed E-state index contributed by atoms with van der Waals surface area (Å²) in [5, 5.41) is 10.3. The quantitative estimate of drug-likeness (QED) is 0.728. The fraction of sp³-hybridized carbons (Fsp3) is 0.294. The SMILES string of the molecule is CC(C)c1ccc(C(O)CSc2ccccc2Br)cc1. The lowest BCUT2D eigenvalue weighted by Gasteiger charge is -2.13. The zero-order valence-corrected chi connectivity index (χ0v) is 14.1. The minimum absolute atomic E-state index is 0.437. The maximum Gasteiger partial charge on any atom is 0.0883 e. The molecule has 0 fully saturated rings. The van der Waals surface area contributed by atoms with Gasteiger partial charge in [-0.15, -0.1) is 11.8 Å². The van der Waals surface area contributed by atoms with Crippen molar-refractivity contribution in [2.75, 3.05) is 5.75 Å². The van der Waals surface area contributed by atoms with Gasteiger partial charge >= 0.3 is 0 Å². The average Bonchev–Trinajstić information content (AvgIpc) is 2.46. The molecule has 0 aliphatic carbocycles. The van der Waals surface area contributed by atoms with Crippen molar-refractivity contribution >= 4 is 27.7 Å². The van der Waals surface area contributed by atoms with Crippen LogP contribution in [0.4, 0.5) is 0 Å². The highest BCUT2D eigenvalue weighted by Crippen LogP contribution is 2.30. The standard InChI is InChI=1S/C17H19BrOS/c1-12(2)13-7-9-14(10-8-13)16(19)11-20-17-6-4-3-5-15(17)18/h3-10,12,16,19H,11H2,1-2H3. The summed E-state index contributed by atoms with van der Waals surface area (Å²) in [6, 6.07) is 16.3. The Kier molecular flexibility index (Phi) is 5.70.